The number of aromatic nitrogens is 2. The van der Waals surface area contributed by atoms with Crippen LogP contribution in [0.25, 0.3) is 11.4 Å². The second kappa shape index (κ2) is 12.0. The molecular formula is C31H42N2O2. The van der Waals surface area contributed by atoms with E-state index in [2.05, 4.69) is 48.1 Å². The first-order chi connectivity index (χ1) is 17.1. The third-order valence-electron chi connectivity index (χ3n) is 8.54. The highest BCUT2D eigenvalue weighted by atomic mass is 16.5. The fourth-order valence-electron chi connectivity index (χ4n) is 6.15. The number of hydrogen-bond donors (Lipinski definition) is 0. The molecule has 0 amide bonds. The molecule has 4 heteroatoms. The minimum absolute atomic E-state index is 0.369. The zero-order chi connectivity index (χ0) is 24.6. The molecule has 0 saturated heterocycles. The van der Waals surface area contributed by atoms with Crippen molar-refractivity contribution in [3.05, 3.63) is 54.4 Å². The summed E-state index contributed by atoms with van der Waals surface area (Å²) >= 11 is 0. The van der Waals surface area contributed by atoms with Gasteiger partial charge in [-0.3, -0.25) is 0 Å². The molecule has 3 aliphatic carbocycles. The van der Waals surface area contributed by atoms with Gasteiger partial charge in [-0.2, -0.15) is 0 Å². The average Bonchev–Trinajstić information content (AvgIpc) is 2.90. The molecule has 1 aromatic heterocycles. The second-order valence-electron chi connectivity index (χ2n) is 10.9. The number of carbonyl (C=O) groups excluding carboxylic acids is 1. The van der Waals surface area contributed by atoms with Crippen molar-refractivity contribution in [2.24, 2.45) is 5.41 Å². The van der Waals surface area contributed by atoms with Crippen LogP contribution in [0.4, 0.5) is 0 Å². The maximum atomic E-state index is 12.0. The van der Waals surface area contributed by atoms with Gasteiger partial charge in [0.25, 0.3) is 0 Å². The molecule has 3 fully saturated rings. The van der Waals surface area contributed by atoms with E-state index in [0.717, 1.165) is 18.4 Å². The Kier molecular flexibility index (Phi) is 8.75. The molecule has 4 nitrogen and oxygen atoms in total. The highest BCUT2D eigenvalue weighted by molar-refractivity contribution is 5.83. The molecule has 0 atom stereocenters. The molecule has 0 aliphatic heterocycles. The summed E-state index contributed by atoms with van der Waals surface area (Å²) in [5, 5.41) is 0. The Balaban J connectivity index is 1.32. The number of nitrogens with zero attached hydrogens (tertiary/aromatic N) is 2. The number of unbranched alkanes of at least 4 members (excludes halogenated alkanes) is 5. The molecule has 1 heterocycles. The molecule has 3 aliphatic rings. The number of ether oxygens (including phenoxy) is 1. The number of allylic oxidation sites excluding steroid dienone is 1. The average molecular weight is 475 g/mol. The summed E-state index contributed by atoms with van der Waals surface area (Å²) in [6.45, 7) is 4.47. The van der Waals surface area contributed by atoms with E-state index >= 15 is 0 Å². The van der Waals surface area contributed by atoms with Crippen LogP contribution in [0.1, 0.15) is 109 Å². The van der Waals surface area contributed by atoms with Crippen molar-refractivity contribution in [1.82, 2.24) is 9.97 Å². The quantitative estimate of drug-likeness (QED) is 0.176. The van der Waals surface area contributed by atoms with Crippen molar-refractivity contribution in [2.45, 2.75) is 109 Å². The predicted octanol–water partition coefficient (Wildman–Crippen LogP) is 8.36. The van der Waals surface area contributed by atoms with Gasteiger partial charge in [0.1, 0.15) is 0 Å². The largest absolute Gasteiger partial charge is 0.420 e. The predicted molar refractivity (Wildman–Crippen MR) is 142 cm³/mol. The summed E-state index contributed by atoms with van der Waals surface area (Å²) in [6, 6.07) is 8.90. The Morgan fingerprint density at radius 3 is 2.14 bits per heavy atom. The monoisotopic (exact) mass is 474 g/mol. The summed E-state index contributed by atoms with van der Waals surface area (Å²) in [6.07, 6.45) is 24.6. The van der Waals surface area contributed by atoms with Crippen LogP contribution < -0.4 is 4.74 Å². The van der Waals surface area contributed by atoms with Crippen molar-refractivity contribution in [3.63, 3.8) is 0 Å². The van der Waals surface area contributed by atoms with Crippen molar-refractivity contribution in [1.29, 1.82) is 0 Å². The van der Waals surface area contributed by atoms with Crippen LogP contribution >= 0.6 is 0 Å². The highest BCUT2D eigenvalue weighted by Gasteiger charge is 2.48. The van der Waals surface area contributed by atoms with Gasteiger partial charge in [0.15, 0.2) is 11.6 Å². The van der Waals surface area contributed by atoms with Crippen molar-refractivity contribution in [3.8, 4) is 17.1 Å². The van der Waals surface area contributed by atoms with Crippen LogP contribution in [0, 0.1) is 5.41 Å². The van der Waals surface area contributed by atoms with Crippen LogP contribution in [0.15, 0.2) is 48.8 Å². The van der Waals surface area contributed by atoms with E-state index in [9.17, 15) is 4.79 Å². The smallest absolute Gasteiger partial charge is 0.335 e. The molecular weight excluding hydrogens is 432 g/mol. The summed E-state index contributed by atoms with van der Waals surface area (Å²) in [4.78, 5) is 20.9. The Bertz CT molecular complexity index is 954. The van der Waals surface area contributed by atoms with Gasteiger partial charge in [0, 0.05) is 11.6 Å². The number of carbonyl (C=O) groups is 1. The minimum Gasteiger partial charge on any atom is -0.420 e. The molecule has 0 N–H and O–H groups in total. The maximum Gasteiger partial charge on any atom is 0.335 e. The maximum absolute atomic E-state index is 12.0. The fourth-order valence-corrected chi connectivity index (χ4v) is 6.15. The van der Waals surface area contributed by atoms with E-state index in [1.807, 2.05) is 6.08 Å². The molecule has 0 unspecified atom stereocenters. The van der Waals surface area contributed by atoms with E-state index in [-0.39, 0.29) is 5.97 Å². The van der Waals surface area contributed by atoms with E-state index in [0.29, 0.717) is 22.4 Å². The van der Waals surface area contributed by atoms with E-state index in [1.54, 1.807) is 12.4 Å². The molecule has 3 saturated carbocycles. The molecule has 2 aromatic rings. The Morgan fingerprint density at radius 1 is 0.886 bits per heavy atom. The van der Waals surface area contributed by atoms with Gasteiger partial charge < -0.3 is 4.74 Å². The highest BCUT2D eigenvalue weighted by Crippen LogP contribution is 2.59. The lowest BCUT2D eigenvalue weighted by atomic mass is 9.51. The lowest BCUT2D eigenvalue weighted by Crippen LogP contribution is -2.44. The molecule has 0 spiro atoms. The molecule has 35 heavy (non-hydrogen) atoms. The Labute approximate surface area is 211 Å². The van der Waals surface area contributed by atoms with Gasteiger partial charge in [0.05, 0.1) is 12.4 Å². The van der Waals surface area contributed by atoms with Crippen LogP contribution in [-0.2, 0) is 10.2 Å². The number of rotatable bonds is 12. The zero-order valence-corrected chi connectivity index (χ0v) is 21.7. The van der Waals surface area contributed by atoms with Gasteiger partial charge in [-0.1, -0.05) is 76.3 Å². The lowest BCUT2D eigenvalue weighted by Gasteiger charge is -2.54. The third-order valence-corrected chi connectivity index (χ3v) is 8.54. The molecule has 2 bridgehead atoms. The zero-order valence-electron chi connectivity index (χ0n) is 21.7. The Hall–Kier alpha value is -2.49. The van der Waals surface area contributed by atoms with Crippen LogP contribution in [0.2, 0.25) is 0 Å². The molecule has 0 radical (unpaired) electrons. The Morgan fingerprint density at radius 2 is 1.51 bits per heavy atom. The van der Waals surface area contributed by atoms with Gasteiger partial charge in [0.2, 0.25) is 0 Å². The summed E-state index contributed by atoms with van der Waals surface area (Å²) in [5.74, 6) is 0.654. The standard InChI is InChI=1S/C31H42N2O2/c1-3-5-7-8-9-11-28(34)35-27-23-32-29(33-24-27)25-12-14-26(15-13-25)31-20-17-30(18-21-31,19-22-31)16-10-6-4-2/h9,11-15,23-24H,3-8,10,16-22H2,1-2H3/b11-9+. The number of esters is 1. The summed E-state index contributed by atoms with van der Waals surface area (Å²) in [7, 11) is 0. The van der Waals surface area contributed by atoms with Crippen LogP contribution in [-0.4, -0.2) is 15.9 Å². The van der Waals surface area contributed by atoms with Gasteiger partial charge in [-0.15, -0.1) is 0 Å². The van der Waals surface area contributed by atoms with Crippen molar-refractivity contribution < 1.29 is 9.53 Å². The summed E-state index contributed by atoms with van der Waals surface area (Å²) < 4.78 is 5.33. The topological polar surface area (TPSA) is 52.1 Å². The fraction of sp³-hybridized carbons (Fsp3) is 0.581. The molecule has 188 valence electrons. The lowest BCUT2D eigenvalue weighted by molar-refractivity contribution is -0.129. The SMILES string of the molecule is CCCCC/C=C/C(=O)Oc1cnc(-c2ccc(C34CCC(CCCCC)(CC3)CC4)cc2)nc1. The first kappa shape index (κ1) is 25.6. The van der Waals surface area contributed by atoms with E-state index in [1.165, 1.54) is 88.7 Å². The number of hydrogen-bond acceptors (Lipinski definition) is 4. The minimum atomic E-state index is -0.379. The third kappa shape index (κ3) is 6.39. The number of benzene rings is 1. The number of fused-ring (bicyclic) bond motifs is 3. The normalized spacial score (nSPS) is 23.6. The van der Waals surface area contributed by atoms with Gasteiger partial charge in [-0.25, -0.2) is 14.8 Å². The molecule has 1 aromatic carbocycles. The molecule has 5 rings (SSSR count). The summed E-state index contributed by atoms with van der Waals surface area (Å²) in [5.41, 5.74) is 3.49. The van der Waals surface area contributed by atoms with Crippen LogP contribution in [0.3, 0.4) is 0 Å². The first-order valence-electron chi connectivity index (χ1n) is 13.9. The van der Waals surface area contributed by atoms with Crippen LogP contribution in [0.5, 0.6) is 5.75 Å². The van der Waals surface area contributed by atoms with E-state index < -0.39 is 0 Å². The van der Waals surface area contributed by atoms with Crippen molar-refractivity contribution >= 4 is 5.97 Å². The van der Waals surface area contributed by atoms with E-state index in [4.69, 9.17) is 4.74 Å². The van der Waals surface area contributed by atoms with Gasteiger partial charge >= 0.3 is 5.97 Å². The van der Waals surface area contributed by atoms with Crippen molar-refractivity contribution in [2.75, 3.05) is 0 Å². The first-order valence-corrected chi connectivity index (χ1v) is 13.9. The second-order valence-corrected chi connectivity index (χ2v) is 10.9. The van der Waals surface area contributed by atoms with Gasteiger partial charge in [-0.05, 0) is 74.2 Å².